The Morgan fingerprint density at radius 1 is 1.00 bits per heavy atom. The Hall–Kier alpha value is -4.56. The van der Waals surface area contributed by atoms with E-state index in [0.29, 0.717) is 29.3 Å². The molecular weight excluding hydrogens is 629 g/mol. The predicted octanol–water partition coefficient (Wildman–Crippen LogP) is 4.96. The van der Waals surface area contributed by atoms with E-state index >= 15 is 0 Å². The Bertz CT molecular complexity index is 1980. The summed E-state index contributed by atoms with van der Waals surface area (Å²) in [5, 5.41) is 18.8. The van der Waals surface area contributed by atoms with Crippen molar-refractivity contribution in [2.24, 2.45) is 5.73 Å². The largest absolute Gasteiger partial charge is 0.475 e. The quantitative estimate of drug-likeness (QED) is 0.201. The smallest absolute Gasteiger partial charge is 0.371 e. The lowest BCUT2D eigenvalue weighted by atomic mass is 10.2. The normalized spacial score (nSPS) is 10.8. The van der Waals surface area contributed by atoms with Crippen LogP contribution in [0.25, 0.3) is 33.3 Å². The first kappa shape index (κ1) is 33.9. The van der Waals surface area contributed by atoms with E-state index in [1.165, 1.54) is 24.2 Å². The van der Waals surface area contributed by atoms with Gasteiger partial charge in [0, 0.05) is 29.3 Å². The molecule has 4 N–H and O–H groups in total. The van der Waals surface area contributed by atoms with Crippen LogP contribution in [0.5, 0.6) is 0 Å². The summed E-state index contributed by atoms with van der Waals surface area (Å²) in [5.74, 6) is -0.241. The van der Waals surface area contributed by atoms with Gasteiger partial charge in [0.2, 0.25) is 5.76 Å². The summed E-state index contributed by atoms with van der Waals surface area (Å²) in [4.78, 5) is 24.2. The number of aromatic carboxylic acids is 1. The number of hydrogen-bond acceptors (Lipinski definition) is 10. The molecule has 6 aromatic rings. The minimum absolute atomic E-state index is 0. The van der Waals surface area contributed by atoms with Gasteiger partial charge in [-0.2, -0.15) is 5.10 Å². The summed E-state index contributed by atoms with van der Waals surface area (Å²) in [6, 6.07) is 21.0. The fraction of sp³-hybridized carbons (Fsp3) is 0.138. The first-order valence-electron chi connectivity index (χ1n) is 12.8. The van der Waals surface area contributed by atoms with Crippen LogP contribution < -0.4 is 11.1 Å². The summed E-state index contributed by atoms with van der Waals surface area (Å²) in [6.45, 7) is 0.915. The highest BCUT2D eigenvalue weighted by Gasteiger charge is 2.14. The van der Waals surface area contributed by atoms with Crippen LogP contribution in [0.2, 0.25) is 0 Å². The van der Waals surface area contributed by atoms with Crippen molar-refractivity contribution in [3.8, 4) is 11.5 Å². The second-order valence-electron chi connectivity index (χ2n) is 9.38. The maximum atomic E-state index is 11.2. The minimum Gasteiger partial charge on any atom is -0.475 e. The second-order valence-corrected chi connectivity index (χ2v) is 11.6. The lowest BCUT2D eigenvalue weighted by Crippen LogP contribution is -2.13. The van der Waals surface area contributed by atoms with Crippen molar-refractivity contribution in [3.63, 3.8) is 0 Å². The van der Waals surface area contributed by atoms with Crippen LogP contribution in [0.4, 0.5) is 11.5 Å². The highest BCUT2D eigenvalue weighted by molar-refractivity contribution is 7.90. The fourth-order valence-electron chi connectivity index (χ4n) is 4.18. The Morgan fingerprint density at radius 3 is 2.43 bits per heavy atom. The molecule has 0 aliphatic carbocycles. The van der Waals surface area contributed by atoms with Gasteiger partial charge < -0.3 is 20.6 Å². The number of nitrogens with one attached hydrogen (secondary N) is 1. The molecule has 0 spiro atoms. The average Bonchev–Trinajstić information content (AvgIpc) is 3.61. The standard InChI is InChI=1S/C26H18N6O3.C3H9NO2S.2ClH/c33-26(34)24-9-8-23(35-24)20-11-19-21(13-27-20)28-15-29-25(19)31-18-6-7-22-17(10-18)12-30-32(22)14-16-4-2-1-3-5-16;1-7(5,6)3-2-4;;/h1-13,15H,14H2,(H,33,34)(H,28,29,31);2-4H2,1H3;2*1H. The number of benzene rings is 2. The van der Waals surface area contributed by atoms with Gasteiger partial charge in [-0.3, -0.25) is 9.67 Å². The molecule has 15 heteroatoms. The Balaban J connectivity index is 0.000000530. The molecule has 0 atom stereocenters. The number of nitrogens with two attached hydrogens (primary N) is 1. The van der Waals surface area contributed by atoms with Gasteiger partial charge in [0.15, 0.2) is 5.76 Å². The number of nitrogens with zero attached hydrogens (tertiary/aromatic N) is 5. The van der Waals surface area contributed by atoms with Crippen LogP contribution >= 0.6 is 24.8 Å². The molecule has 2 aromatic carbocycles. The molecule has 0 amide bonds. The van der Waals surface area contributed by atoms with E-state index in [1.807, 2.05) is 47.3 Å². The molecular formula is C29H29Cl2N7O5S. The molecule has 0 fully saturated rings. The second kappa shape index (κ2) is 14.8. The van der Waals surface area contributed by atoms with Gasteiger partial charge in [-0.25, -0.2) is 23.2 Å². The first-order valence-corrected chi connectivity index (χ1v) is 14.8. The summed E-state index contributed by atoms with van der Waals surface area (Å²) >= 11 is 0. The summed E-state index contributed by atoms with van der Waals surface area (Å²) < 4.78 is 27.7. The average molecular weight is 659 g/mol. The molecule has 4 aromatic heterocycles. The summed E-state index contributed by atoms with van der Waals surface area (Å²) in [5.41, 5.74) is 9.13. The molecule has 230 valence electrons. The van der Waals surface area contributed by atoms with Crippen molar-refractivity contribution >= 4 is 73.9 Å². The zero-order chi connectivity index (χ0) is 29.7. The molecule has 0 saturated heterocycles. The van der Waals surface area contributed by atoms with E-state index in [-0.39, 0.29) is 42.9 Å². The van der Waals surface area contributed by atoms with E-state index in [2.05, 4.69) is 37.5 Å². The van der Waals surface area contributed by atoms with Gasteiger partial charge in [-0.05, 0) is 42.0 Å². The molecule has 0 aliphatic rings. The van der Waals surface area contributed by atoms with Crippen molar-refractivity contribution in [3.05, 3.63) is 96.8 Å². The van der Waals surface area contributed by atoms with Crippen LogP contribution in [-0.4, -0.2) is 62.8 Å². The van der Waals surface area contributed by atoms with Gasteiger partial charge in [-0.1, -0.05) is 30.3 Å². The van der Waals surface area contributed by atoms with E-state index in [4.69, 9.17) is 15.3 Å². The van der Waals surface area contributed by atoms with Crippen LogP contribution in [0, 0.1) is 0 Å². The number of aromatic nitrogens is 5. The summed E-state index contributed by atoms with van der Waals surface area (Å²) in [7, 11) is -2.80. The molecule has 0 radical (unpaired) electrons. The lowest BCUT2D eigenvalue weighted by Gasteiger charge is -2.10. The lowest BCUT2D eigenvalue weighted by molar-refractivity contribution is 0.0663. The number of carboxylic acids is 1. The van der Waals surface area contributed by atoms with Crippen molar-refractivity contribution < 1.29 is 22.7 Å². The molecule has 0 unspecified atom stereocenters. The van der Waals surface area contributed by atoms with Crippen molar-refractivity contribution in [1.29, 1.82) is 0 Å². The van der Waals surface area contributed by atoms with E-state index < -0.39 is 15.8 Å². The summed E-state index contributed by atoms with van der Waals surface area (Å²) in [6.07, 6.45) is 6.09. The maximum absolute atomic E-state index is 11.2. The molecule has 12 nitrogen and oxygen atoms in total. The number of sulfone groups is 1. The number of carbonyl (C=O) groups is 1. The van der Waals surface area contributed by atoms with Crippen molar-refractivity contribution in [1.82, 2.24) is 24.7 Å². The Labute approximate surface area is 265 Å². The zero-order valence-corrected chi connectivity index (χ0v) is 25.8. The van der Waals surface area contributed by atoms with E-state index in [9.17, 15) is 13.2 Å². The van der Waals surface area contributed by atoms with Crippen LogP contribution in [-0.2, 0) is 16.4 Å². The Kier molecular flexibility index (Phi) is 11.4. The van der Waals surface area contributed by atoms with Gasteiger partial charge in [-0.15, -0.1) is 24.8 Å². The molecule has 6 rings (SSSR count). The number of furan rings is 1. The first-order chi connectivity index (χ1) is 20.2. The van der Waals surface area contributed by atoms with Gasteiger partial charge in [0.05, 0.1) is 35.7 Å². The van der Waals surface area contributed by atoms with Crippen LogP contribution in [0.1, 0.15) is 16.1 Å². The number of anilines is 2. The third kappa shape index (κ3) is 8.29. The van der Waals surface area contributed by atoms with Crippen molar-refractivity contribution in [2.75, 3.05) is 23.9 Å². The highest BCUT2D eigenvalue weighted by atomic mass is 35.5. The molecule has 4 heterocycles. The minimum atomic E-state index is -2.80. The molecule has 44 heavy (non-hydrogen) atoms. The predicted molar refractivity (Wildman–Crippen MR) is 174 cm³/mol. The SMILES string of the molecule is CS(=O)(=O)CCN.Cl.Cl.O=C(O)c1ccc(-c2cc3c(Nc4ccc5c(cnn5Cc5ccccc5)c4)ncnc3cn2)o1. The number of carboxylic acid groups (broad SMARTS) is 1. The van der Waals surface area contributed by atoms with Crippen LogP contribution in [0.15, 0.2) is 89.9 Å². The van der Waals surface area contributed by atoms with Crippen LogP contribution in [0.3, 0.4) is 0 Å². The van der Waals surface area contributed by atoms with Crippen molar-refractivity contribution in [2.45, 2.75) is 6.54 Å². The Morgan fingerprint density at radius 2 is 1.77 bits per heavy atom. The molecule has 0 bridgehead atoms. The van der Waals surface area contributed by atoms with E-state index in [0.717, 1.165) is 22.0 Å². The van der Waals surface area contributed by atoms with Gasteiger partial charge >= 0.3 is 5.97 Å². The zero-order valence-electron chi connectivity index (χ0n) is 23.3. The highest BCUT2D eigenvalue weighted by Crippen LogP contribution is 2.29. The van der Waals surface area contributed by atoms with Gasteiger partial charge in [0.1, 0.15) is 27.7 Å². The van der Waals surface area contributed by atoms with E-state index in [1.54, 1.807) is 18.3 Å². The third-order valence-electron chi connectivity index (χ3n) is 6.16. The van der Waals surface area contributed by atoms with Gasteiger partial charge in [0.25, 0.3) is 0 Å². The number of fused-ring (bicyclic) bond motifs is 2. The number of pyridine rings is 1. The maximum Gasteiger partial charge on any atom is 0.371 e. The molecule has 0 aliphatic heterocycles. The topological polar surface area (TPSA) is 179 Å². The monoisotopic (exact) mass is 657 g/mol. The number of halogens is 2. The molecule has 0 saturated carbocycles. The fourth-order valence-corrected chi connectivity index (χ4v) is 4.61. The number of hydrogen-bond donors (Lipinski definition) is 3. The third-order valence-corrected chi connectivity index (χ3v) is 7.14. The number of rotatable bonds is 8.